The molecule has 0 saturated carbocycles. The molecule has 1 heterocycles. The van der Waals surface area contributed by atoms with E-state index in [-0.39, 0.29) is 5.91 Å². The number of halogens is 1. The number of carbonyl (C=O) groups excluding carboxylic acids is 1. The van der Waals surface area contributed by atoms with Crippen LogP contribution in [0, 0.1) is 6.92 Å². The summed E-state index contributed by atoms with van der Waals surface area (Å²) in [5.41, 5.74) is 4.74. The van der Waals surface area contributed by atoms with Gasteiger partial charge in [-0.3, -0.25) is 4.79 Å². The highest BCUT2D eigenvalue weighted by Crippen LogP contribution is 2.25. The summed E-state index contributed by atoms with van der Waals surface area (Å²) in [5.74, 6) is -0.141. The lowest BCUT2D eigenvalue weighted by Crippen LogP contribution is -2.12. The molecule has 3 nitrogen and oxygen atoms in total. The Morgan fingerprint density at radius 2 is 2.10 bits per heavy atom. The zero-order chi connectivity index (χ0) is 14.1. The van der Waals surface area contributed by atoms with Crippen molar-refractivity contribution >= 4 is 28.9 Å². The molecule has 4 heteroatoms. The molecule has 102 valence electrons. The number of aryl methyl sites for hydroxylation is 1. The van der Waals surface area contributed by atoms with Crippen molar-refractivity contribution in [2.75, 3.05) is 17.2 Å². The molecule has 1 aliphatic heterocycles. The molecule has 0 aliphatic carbocycles. The molecule has 0 fully saturated rings. The Hall–Kier alpha value is -2.00. The number of rotatable bonds is 2. The lowest BCUT2D eigenvalue weighted by atomic mass is 10.1. The van der Waals surface area contributed by atoms with Crippen molar-refractivity contribution in [2.24, 2.45) is 0 Å². The highest BCUT2D eigenvalue weighted by molar-refractivity contribution is 6.31. The maximum atomic E-state index is 12.2. The van der Waals surface area contributed by atoms with Crippen molar-refractivity contribution < 1.29 is 4.79 Å². The predicted octanol–water partition coefficient (Wildman–Crippen LogP) is 3.87. The van der Waals surface area contributed by atoms with Crippen LogP contribution in [0.25, 0.3) is 0 Å². The molecule has 3 rings (SSSR count). The SMILES string of the molecule is Cc1ccc(C(=O)Nc2ccc3c(c2)CCN3)cc1Cl. The van der Waals surface area contributed by atoms with Gasteiger partial charge in [-0.15, -0.1) is 0 Å². The van der Waals surface area contributed by atoms with E-state index >= 15 is 0 Å². The topological polar surface area (TPSA) is 41.1 Å². The van der Waals surface area contributed by atoms with Gasteiger partial charge in [0.1, 0.15) is 0 Å². The number of carbonyl (C=O) groups is 1. The highest BCUT2D eigenvalue weighted by atomic mass is 35.5. The van der Waals surface area contributed by atoms with Gasteiger partial charge in [-0.05, 0) is 54.8 Å². The van der Waals surface area contributed by atoms with Crippen LogP contribution in [0.3, 0.4) is 0 Å². The number of hydrogen-bond donors (Lipinski definition) is 2. The normalized spacial score (nSPS) is 12.7. The summed E-state index contributed by atoms with van der Waals surface area (Å²) in [7, 11) is 0. The fourth-order valence-corrected chi connectivity index (χ4v) is 2.50. The van der Waals surface area contributed by atoms with Crippen LogP contribution in [0.1, 0.15) is 21.5 Å². The first-order valence-corrected chi connectivity index (χ1v) is 6.95. The van der Waals surface area contributed by atoms with Gasteiger partial charge in [0.15, 0.2) is 0 Å². The van der Waals surface area contributed by atoms with E-state index in [9.17, 15) is 4.79 Å². The zero-order valence-corrected chi connectivity index (χ0v) is 11.9. The summed E-state index contributed by atoms with van der Waals surface area (Å²) in [5, 5.41) is 6.81. The summed E-state index contributed by atoms with van der Waals surface area (Å²) >= 11 is 6.05. The van der Waals surface area contributed by atoms with Gasteiger partial charge >= 0.3 is 0 Å². The fraction of sp³-hybridized carbons (Fsp3) is 0.188. The standard InChI is InChI=1S/C16H15ClN2O/c1-10-2-3-12(9-14(10)17)16(20)19-13-4-5-15-11(8-13)6-7-18-15/h2-5,8-9,18H,6-7H2,1H3,(H,19,20). The number of amides is 1. The Labute approximate surface area is 123 Å². The third-order valence-corrected chi connectivity index (χ3v) is 3.91. The molecule has 2 N–H and O–H groups in total. The number of fused-ring (bicyclic) bond motifs is 1. The molecule has 0 unspecified atom stereocenters. The van der Waals surface area contributed by atoms with Gasteiger partial charge < -0.3 is 10.6 Å². The van der Waals surface area contributed by atoms with Crippen molar-refractivity contribution in [2.45, 2.75) is 13.3 Å². The molecule has 0 bridgehead atoms. The minimum Gasteiger partial charge on any atom is -0.384 e. The number of benzene rings is 2. The monoisotopic (exact) mass is 286 g/mol. The molecule has 1 aliphatic rings. The van der Waals surface area contributed by atoms with E-state index in [1.807, 2.05) is 31.2 Å². The van der Waals surface area contributed by atoms with Crippen molar-refractivity contribution in [3.05, 3.63) is 58.1 Å². The van der Waals surface area contributed by atoms with Crippen molar-refractivity contribution in [3.63, 3.8) is 0 Å². The summed E-state index contributed by atoms with van der Waals surface area (Å²) in [4.78, 5) is 12.2. The molecule has 0 spiro atoms. The summed E-state index contributed by atoms with van der Waals surface area (Å²) in [6.07, 6.45) is 0.995. The first-order valence-electron chi connectivity index (χ1n) is 6.58. The second-order valence-electron chi connectivity index (χ2n) is 4.97. The molecular weight excluding hydrogens is 272 g/mol. The second-order valence-corrected chi connectivity index (χ2v) is 5.37. The average molecular weight is 287 g/mol. The van der Waals surface area contributed by atoms with E-state index in [4.69, 9.17) is 11.6 Å². The fourth-order valence-electron chi connectivity index (χ4n) is 2.32. The lowest BCUT2D eigenvalue weighted by Gasteiger charge is -2.08. The van der Waals surface area contributed by atoms with Crippen LogP contribution in [0.4, 0.5) is 11.4 Å². The summed E-state index contributed by atoms with van der Waals surface area (Å²) in [6, 6.07) is 11.3. The van der Waals surface area contributed by atoms with Crippen LogP contribution in [-0.4, -0.2) is 12.5 Å². The van der Waals surface area contributed by atoms with E-state index in [0.29, 0.717) is 10.6 Å². The first-order chi connectivity index (χ1) is 9.63. The minimum atomic E-state index is -0.141. The van der Waals surface area contributed by atoms with Crippen LogP contribution >= 0.6 is 11.6 Å². The van der Waals surface area contributed by atoms with Gasteiger partial charge in [-0.2, -0.15) is 0 Å². The quantitative estimate of drug-likeness (QED) is 0.880. The van der Waals surface area contributed by atoms with Crippen LogP contribution in [0.2, 0.25) is 5.02 Å². The van der Waals surface area contributed by atoms with E-state index < -0.39 is 0 Å². The summed E-state index contributed by atoms with van der Waals surface area (Å²) < 4.78 is 0. The first kappa shape index (κ1) is 13.0. The zero-order valence-electron chi connectivity index (χ0n) is 11.2. The largest absolute Gasteiger partial charge is 0.384 e. The lowest BCUT2D eigenvalue weighted by molar-refractivity contribution is 0.102. The number of anilines is 2. The molecule has 20 heavy (non-hydrogen) atoms. The third kappa shape index (κ3) is 2.49. The van der Waals surface area contributed by atoms with Crippen LogP contribution in [-0.2, 0) is 6.42 Å². The Kier molecular flexibility index (Phi) is 3.36. The highest BCUT2D eigenvalue weighted by Gasteiger charge is 2.12. The van der Waals surface area contributed by atoms with Gasteiger partial charge in [0.2, 0.25) is 0 Å². The van der Waals surface area contributed by atoms with E-state index in [1.165, 1.54) is 5.56 Å². The minimum absolute atomic E-state index is 0.141. The van der Waals surface area contributed by atoms with Crippen molar-refractivity contribution in [3.8, 4) is 0 Å². The summed E-state index contributed by atoms with van der Waals surface area (Å²) in [6.45, 7) is 2.87. The predicted molar refractivity (Wildman–Crippen MR) is 82.8 cm³/mol. The Morgan fingerprint density at radius 1 is 1.25 bits per heavy atom. The maximum Gasteiger partial charge on any atom is 0.255 e. The Bertz CT molecular complexity index is 682. The molecule has 0 atom stereocenters. The molecule has 0 radical (unpaired) electrons. The second kappa shape index (κ2) is 5.17. The smallest absolute Gasteiger partial charge is 0.255 e. The number of nitrogens with one attached hydrogen (secondary N) is 2. The third-order valence-electron chi connectivity index (χ3n) is 3.51. The van der Waals surface area contributed by atoms with Gasteiger partial charge in [0.25, 0.3) is 5.91 Å². The van der Waals surface area contributed by atoms with Gasteiger partial charge in [0, 0.05) is 28.5 Å². The van der Waals surface area contributed by atoms with E-state index in [1.54, 1.807) is 12.1 Å². The molecular formula is C16H15ClN2O. The number of hydrogen-bond acceptors (Lipinski definition) is 2. The molecule has 2 aromatic carbocycles. The Balaban J connectivity index is 1.80. The molecule has 0 saturated heterocycles. The van der Waals surface area contributed by atoms with Crippen molar-refractivity contribution in [1.82, 2.24) is 0 Å². The van der Waals surface area contributed by atoms with Crippen LogP contribution in [0.15, 0.2) is 36.4 Å². The van der Waals surface area contributed by atoms with Crippen LogP contribution < -0.4 is 10.6 Å². The van der Waals surface area contributed by atoms with Gasteiger partial charge in [-0.1, -0.05) is 17.7 Å². The average Bonchev–Trinajstić information content (AvgIpc) is 2.89. The van der Waals surface area contributed by atoms with E-state index in [0.717, 1.165) is 29.9 Å². The Morgan fingerprint density at radius 3 is 2.90 bits per heavy atom. The molecule has 1 amide bonds. The van der Waals surface area contributed by atoms with Crippen molar-refractivity contribution in [1.29, 1.82) is 0 Å². The maximum absolute atomic E-state index is 12.2. The molecule has 0 aromatic heterocycles. The molecule has 2 aromatic rings. The van der Waals surface area contributed by atoms with Gasteiger partial charge in [-0.25, -0.2) is 0 Å². The van der Waals surface area contributed by atoms with E-state index in [2.05, 4.69) is 10.6 Å². The van der Waals surface area contributed by atoms with Crippen LogP contribution in [0.5, 0.6) is 0 Å². The van der Waals surface area contributed by atoms with Gasteiger partial charge in [0.05, 0.1) is 0 Å².